The van der Waals surface area contributed by atoms with Gasteiger partial charge in [0, 0.05) is 12.1 Å². The van der Waals surface area contributed by atoms with Gasteiger partial charge in [-0.25, -0.2) is 13.1 Å². The molecule has 1 heterocycles. The van der Waals surface area contributed by atoms with Crippen molar-refractivity contribution < 1.29 is 17.9 Å². The van der Waals surface area contributed by atoms with Crippen LogP contribution in [0.3, 0.4) is 0 Å². The lowest BCUT2D eigenvalue weighted by Gasteiger charge is -2.23. The Kier molecular flexibility index (Phi) is 4.27. The normalized spacial score (nSPS) is 18.6. The lowest BCUT2D eigenvalue weighted by atomic mass is 9.89. The molecule has 20 heavy (non-hydrogen) atoms. The van der Waals surface area contributed by atoms with E-state index < -0.39 is 10.0 Å². The van der Waals surface area contributed by atoms with E-state index in [4.69, 9.17) is 4.42 Å². The van der Waals surface area contributed by atoms with E-state index in [0.29, 0.717) is 23.6 Å². The lowest BCUT2D eigenvalue weighted by molar-refractivity contribution is 0.276. The van der Waals surface area contributed by atoms with Crippen molar-refractivity contribution in [3.8, 4) is 0 Å². The summed E-state index contributed by atoms with van der Waals surface area (Å²) in [5.74, 6) is 0.785. The number of nitrogens with one attached hydrogen (secondary N) is 1. The first-order chi connectivity index (χ1) is 9.29. The Morgan fingerprint density at radius 1 is 1.25 bits per heavy atom. The Balaban J connectivity index is 2.22. The number of hydrogen-bond acceptors (Lipinski definition) is 4. The van der Waals surface area contributed by atoms with Crippen LogP contribution in [0.15, 0.2) is 9.31 Å². The first-order valence-corrected chi connectivity index (χ1v) is 8.47. The molecule has 2 rings (SSSR count). The first kappa shape index (κ1) is 15.5. The van der Waals surface area contributed by atoms with Crippen LogP contribution in [0.25, 0.3) is 0 Å². The molecule has 0 spiro atoms. The van der Waals surface area contributed by atoms with Crippen molar-refractivity contribution in [1.29, 1.82) is 0 Å². The molecule has 1 aromatic heterocycles. The summed E-state index contributed by atoms with van der Waals surface area (Å²) in [4.78, 5) is 0.0964. The smallest absolute Gasteiger partial charge is 0.244 e. The number of sulfonamides is 1. The Morgan fingerprint density at radius 2 is 1.85 bits per heavy atom. The number of rotatable bonds is 5. The Hall–Kier alpha value is -0.850. The van der Waals surface area contributed by atoms with Gasteiger partial charge in [0.15, 0.2) is 0 Å². The quantitative estimate of drug-likeness (QED) is 0.874. The molecule has 114 valence electrons. The average Bonchev–Trinajstić information content (AvgIpc) is 2.91. The fourth-order valence-electron chi connectivity index (χ4n) is 2.99. The van der Waals surface area contributed by atoms with Crippen molar-refractivity contribution >= 4 is 10.0 Å². The van der Waals surface area contributed by atoms with Crippen LogP contribution in [-0.2, 0) is 16.6 Å². The number of aliphatic hydroxyl groups is 1. The SMILES string of the molecule is Cc1oc(C)c(S(=O)(=O)NCC2(C)CCCC2)c1CO. The summed E-state index contributed by atoms with van der Waals surface area (Å²) in [7, 11) is -3.64. The fourth-order valence-corrected chi connectivity index (χ4v) is 4.63. The molecule has 1 aliphatic rings. The van der Waals surface area contributed by atoms with Gasteiger partial charge in [-0.3, -0.25) is 0 Å². The van der Waals surface area contributed by atoms with Crippen LogP contribution in [0.2, 0.25) is 0 Å². The van der Waals surface area contributed by atoms with E-state index in [2.05, 4.69) is 11.6 Å². The van der Waals surface area contributed by atoms with Gasteiger partial charge in [0.2, 0.25) is 10.0 Å². The van der Waals surface area contributed by atoms with Crippen LogP contribution in [0, 0.1) is 19.3 Å². The van der Waals surface area contributed by atoms with Gasteiger partial charge in [-0.05, 0) is 32.1 Å². The van der Waals surface area contributed by atoms with Crippen LogP contribution in [0.4, 0.5) is 0 Å². The van der Waals surface area contributed by atoms with Gasteiger partial charge in [0.25, 0.3) is 0 Å². The predicted octanol–water partition coefficient (Wildman–Crippen LogP) is 2.25. The molecule has 1 saturated carbocycles. The van der Waals surface area contributed by atoms with E-state index in [-0.39, 0.29) is 16.9 Å². The van der Waals surface area contributed by atoms with E-state index in [1.807, 2.05) is 0 Å². The van der Waals surface area contributed by atoms with Gasteiger partial charge in [-0.1, -0.05) is 19.8 Å². The fraction of sp³-hybridized carbons (Fsp3) is 0.714. The van der Waals surface area contributed by atoms with Crippen molar-refractivity contribution in [2.75, 3.05) is 6.54 Å². The third kappa shape index (κ3) is 2.92. The maximum absolute atomic E-state index is 12.5. The molecule has 5 nitrogen and oxygen atoms in total. The maximum atomic E-state index is 12.5. The second kappa shape index (κ2) is 5.50. The summed E-state index contributed by atoms with van der Waals surface area (Å²) in [5, 5.41) is 9.35. The molecule has 1 aromatic rings. The summed E-state index contributed by atoms with van der Waals surface area (Å²) in [6.07, 6.45) is 4.41. The van der Waals surface area contributed by atoms with Crippen molar-refractivity contribution in [2.45, 2.75) is 58.0 Å². The monoisotopic (exact) mass is 301 g/mol. The first-order valence-electron chi connectivity index (χ1n) is 6.98. The van der Waals surface area contributed by atoms with Crippen LogP contribution in [0.1, 0.15) is 49.7 Å². The van der Waals surface area contributed by atoms with E-state index in [0.717, 1.165) is 25.7 Å². The van der Waals surface area contributed by atoms with Crippen LogP contribution < -0.4 is 4.72 Å². The molecule has 0 aliphatic heterocycles. The van der Waals surface area contributed by atoms with E-state index >= 15 is 0 Å². The second-order valence-electron chi connectivity index (χ2n) is 6.02. The molecule has 0 aromatic carbocycles. The molecule has 0 radical (unpaired) electrons. The molecular weight excluding hydrogens is 278 g/mol. The zero-order chi connectivity index (χ0) is 15.0. The highest BCUT2D eigenvalue weighted by molar-refractivity contribution is 7.89. The summed E-state index contributed by atoms with van der Waals surface area (Å²) in [6, 6.07) is 0. The maximum Gasteiger partial charge on any atom is 0.244 e. The predicted molar refractivity (Wildman–Crippen MR) is 75.9 cm³/mol. The van der Waals surface area contributed by atoms with Crippen molar-refractivity contribution in [1.82, 2.24) is 4.72 Å². The molecule has 0 amide bonds. The largest absolute Gasteiger partial charge is 0.465 e. The highest BCUT2D eigenvalue weighted by Crippen LogP contribution is 2.37. The minimum atomic E-state index is -3.64. The number of aliphatic hydroxyl groups excluding tert-OH is 1. The minimum absolute atomic E-state index is 0.0408. The zero-order valence-electron chi connectivity index (χ0n) is 12.3. The van der Waals surface area contributed by atoms with Crippen LogP contribution in [-0.4, -0.2) is 20.1 Å². The standard InChI is InChI=1S/C14H23NO4S/c1-10-12(8-16)13(11(2)19-10)20(17,18)15-9-14(3)6-4-5-7-14/h15-16H,4-9H2,1-3H3. The molecule has 1 fully saturated rings. The Labute approximate surface area is 120 Å². The van der Waals surface area contributed by atoms with Crippen molar-refractivity contribution in [3.63, 3.8) is 0 Å². The summed E-state index contributed by atoms with van der Waals surface area (Å²) in [6.45, 7) is 5.48. The third-order valence-electron chi connectivity index (χ3n) is 4.25. The molecule has 0 atom stereocenters. The molecule has 0 unspecified atom stereocenters. The van der Waals surface area contributed by atoms with Crippen LogP contribution in [0.5, 0.6) is 0 Å². The van der Waals surface area contributed by atoms with E-state index in [1.54, 1.807) is 13.8 Å². The molecule has 0 saturated heterocycles. The molecule has 2 N–H and O–H groups in total. The van der Waals surface area contributed by atoms with Gasteiger partial charge in [0.1, 0.15) is 16.4 Å². The number of hydrogen-bond donors (Lipinski definition) is 2. The Bertz CT molecular complexity index is 583. The van der Waals surface area contributed by atoms with Gasteiger partial charge >= 0.3 is 0 Å². The molecule has 6 heteroatoms. The average molecular weight is 301 g/mol. The minimum Gasteiger partial charge on any atom is -0.465 e. The second-order valence-corrected chi connectivity index (χ2v) is 7.73. The number of aryl methyl sites for hydroxylation is 2. The van der Waals surface area contributed by atoms with Gasteiger partial charge < -0.3 is 9.52 Å². The molecule has 0 bridgehead atoms. The zero-order valence-corrected chi connectivity index (χ0v) is 13.1. The highest BCUT2D eigenvalue weighted by Gasteiger charge is 2.32. The van der Waals surface area contributed by atoms with E-state index in [9.17, 15) is 13.5 Å². The van der Waals surface area contributed by atoms with Crippen molar-refractivity contribution in [3.05, 3.63) is 17.1 Å². The van der Waals surface area contributed by atoms with Gasteiger partial charge in [0.05, 0.1) is 6.61 Å². The van der Waals surface area contributed by atoms with Gasteiger partial charge in [-0.15, -0.1) is 0 Å². The Morgan fingerprint density at radius 3 is 2.40 bits per heavy atom. The summed E-state index contributed by atoms with van der Waals surface area (Å²) >= 11 is 0. The number of furan rings is 1. The van der Waals surface area contributed by atoms with Crippen molar-refractivity contribution in [2.24, 2.45) is 5.41 Å². The summed E-state index contributed by atoms with van der Waals surface area (Å²) < 4.78 is 33.0. The molecule has 1 aliphatic carbocycles. The van der Waals surface area contributed by atoms with Gasteiger partial charge in [-0.2, -0.15) is 0 Å². The molecular formula is C14H23NO4S. The van der Waals surface area contributed by atoms with Crippen LogP contribution >= 0.6 is 0 Å². The third-order valence-corrected chi connectivity index (χ3v) is 5.85. The topological polar surface area (TPSA) is 79.5 Å². The van der Waals surface area contributed by atoms with E-state index in [1.165, 1.54) is 0 Å². The summed E-state index contributed by atoms with van der Waals surface area (Å²) in [5.41, 5.74) is 0.394. The lowest BCUT2D eigenvalue weighted by Crippen LogP contribution is -2.34. The highest BCUT2D eigenvalue weighted by atomic mass is 32.2.